The molecule has 4 rings (SSSR count). The molecule has 10 N–H and O–H groups in total. The number of carbonyl (C=O) groups is 5. The first-order valence-corrected chi connectivity index (χ1v) is 31.8. The molecule has 0 aliphatic rings. The van der Waals surface area contributed by atoms with Crippen molar-refractivity contribution >= 4 is 52.6 Å². The van der Waals surface area contributed by atoms with E-state index in [0.29, 0.717) is 119 Å². The molecule has 28 heteroatoms. The lowest BCUT2D eigenvalue weighted by Gasteiger charge is -2.28. The van der Waals surface area contributed by atoms with E-state index in [4.69, 9.17) is 45.7 Å². The molecule has 1 unspecified atom stereocenters. The number of oxime groups is 2. The van der Waals surface area contributed by atoms with E-state index in [-0.39, 0.29) is 62.5 Å². The second-order valence-corrected chi connectivity index (χ2v) is 23.5. The molecule has 508 valence electrons. The number of amides is 5. The average molecular weight is 1300 g/mol. The summed E-state index contributed by atoms with van der Waals surface area (Å²) in [6.07, 6.45) is 5.51. The predicted molar refractivity (Wildman–Crippen MR) is 349 cm³/mol. The Kier molecular flexibility index (Phi) is 37.6. The Morgan fingerprint density at radius 1 is 0.670 bits per heavy atom. The SMILES string of the molecule is CCCCc1nc(Cl)c(CNC(=O)C(CC(C)C)NC(=O)COCC(=O)NCCOCCOCC)n1Cc1ccc(-c2ccccc2-c2nn[nH]n2)cc1.CCOCCNC(=O)COCC(=O)NCCC(CCNC(C)(C)/C(C)=N\O)CCNC(C)(C)/C(C)=N\O. The molecular formula is C63H102ClN15O12. The number of aromatic amines is 1. The number of carbonyl (C=O) groups excluding carboxylic acids is 5. The number of nitrogens with zero attached hydrogens (tertiary/aromatic N) is 7. The lowest BCUT2D eigenvalue weighted by atomic mass is 9.94. The molecule has 5 amide bonds. The van der Waals surface area contributed by atoms with Gasteiger partial charge >= 0.3 is 0 Å². The lowest BCUT2D eigenvalue weighted by molar-refractivity contribution is -0.134. The molecule has 2 aromatic heterocycles. The molecule has 2 aromatic carbocycles. The summed E-state index contributed by atoms with van der Waals surface area (Å²) < 4.78 is 28.3. The highest BCUT2D eigenvalue weighted by atomic mass is 35.5. The zero-order valence-corrected chi connectivity index (χ0v) is 56.1. The molecule has 0 saturated heterocycles. The van der Waals surface area contributed by atoms with E-state index in [9.17, 15) is 24.0 Å². The number of aromatic nitrogens is 6. The average Bonchev–Trinajstić information content (AvgIpc) is 1.87. The van der Waals surface area contributed by atoms with E-state index >= 15 is 0 Å². The maximum atomic E-state index is 13.5. The number of H-pyrrole nitrogens is 1. The predicted octanol–water partition coefficient (Wildman–Crippen LogP) is 5.60. The van der Waals surface area contributed by atoms with Crippen molar-refractivity contribution in [3.63, 3.8) is 0 Å². The van der Waals surface area contributed by atoms with Crippen molar-refractivity contribution in [3.05, 3.63) is 70.8 Å². The van der Waals surface area contributed by atoms with Crippen molar-refractivity contribution in [3.8, 4) is 22.5 Å². The Morgan fingerprint density at radius 3 is 1.74 bits per heavy atom. The van der Waals surface area contributed by atoms with Crippen LogP contribution >= 0.6 is 11.6 Å². The molecule has 0 aliphatic carbocycles. The van der Waals surface area contributed by atoms with Crippen LogP contribution in [0.5, 0.6) is 0 Å². The van der Waals surface area contributed by atoms with Crippen molar-refractivity contribution in [1.29, 1.82) is 0 Å². The molecule has 1 atom stereocenters. The highest BCUT2D eigenvalue weighted by Crippen LogP contribution is 2.30. The number of nitrogens with one attached hydrogen (secondary N) is 8. The fraction of sp³-hybridized carbons (Fsp3) is 0.635. The zero-order chi connectivity index (χ0) is 67.0. The van der Waals surface area contributed by atoms with Crippen molar-refractivity contribution in [2.75, 3.05) is 98.8 Å². The molecule has 0 radical (unpaired) electrons. The third-order valence-electron chi connectivity index (χ3n) is 14.8. The summed E-state index contributed by atoms with van der Waals surface area (Å²) in [5.74, 6) is -0.0439. The van der Waals surface area contributed by atoms with Crippen LogP contribution in [0, 0.1) is 11.8 Å². The Hall–Kier alpha value is -6.98. The highest BCUT2D eigenvalue weighted by molar-refractivity contribution is 6.30. The van der Waals surface area contributed by atoms with Crippen LogP contribution in [0.25, 0.3) is 22.5 Å². The third-order valence-corrected chi connectivity index (χ3v) is 15.1. The normalized spacial score (nSPS) is 12.4. The first kappa shape index (κ1) is 78.3. The second kappa shape index (κ2) is 43.7. The molecule has 0 fully saturated rings. The summed E-state index contributed by atoms with van der Waals surface area (Å²) in [7, 11) is 0. The smallest absolute Gasteiger partial charge is 0.246 e. The van der Waals surface area contributed by atoms with Gasteiger partial charge in [0, 0.05) is 51.4 Å². The molecule has 27 nitrogen and oxygen atoms in total. The molecule has 0 bridgehead atoms. The van der Waals surface area contributed by atoms with Gasteiger partial charge in [0.1, 0.15) is 38.3 Å². The van der Waals surface area contributed by atoms with E-state index in [1.54, 1.807) is 13.8 Å². The van der Waals surface area contributed by atoms with Crippen LogP contribution in [0.3, 0.4) is 0 Å². The summed E-state index contributed by atoms with van der Waals surface area (Å²) in [4.78, 5) is 66.8. The number of rotatable bonds is 45. The van der Waals surface area contributed by atoms with Crippen molar-refractivity contribution < 1.29 is 58.1 Å². The fourth-order valence-electron chi connectivity index (χ4n) is 8.99. The molecule has 0 aliphatic heterocycles. The quantitative estimate of drug-likeness (QED) is 0.0111. The van der Waals surface area contributed by atoms with Gasteiger partial charge in [-0.1, -0.05) is 97.6 Å². The van der Waals surface area contributed by atoms with Gasteiger partial charge in [-0.3, -0.25) is 24.0 Å². The molecule has 2 heterocycles. The summed E-state index contributed by atoms with van der Waals surface area (Å²) in [6, 6.07) is 15.3. The van der Waals surface area contributed by atoms with E-state index in [0.717, 1.165) is 66.6 Å². The maximum Gasteiger partial charge on any atom is 0.246 e. The topological polar surface area (TPSA) is 353 Å². The van der Waals surface area contributed by atoms with Crippen LogP contribution in [-0.4, -0.2) is 197 Å². The number of unbranched alkanes of at least 4 members (excludes halogenated alkanes) is 1. The van der Waals surface area contributed by atoms with Gasteiger partial charge in [-0.25, -0.2) is 4.98 Å². The van der Waals surface area contributed by atoms with Crippen LogP contribution in [0.2, 0.25) is 5.15 Å². The first-order chi connectivity index (χ1) is 43.6. The number of benzene rings is 2. The summed E-state index contributed by atoms with van der Waals surface area (Å²) in [5, 5.41) is 60.4. The number of hydrogen-bond acceptors (Lipinski definition) is 20. The van der Waals surface area contributed by atoms with Gasteiger partial charge in [0.2, 0.25) is 35.4 Å². The van der Waals surface area contributed by atoms with Crippen LogP contribution < -0.4 is 37.2 Å². The maximum absolute atomic E-state index is 13.5. The fourth-order valence-corrected chi connectivity index (χ4v) is 9.26. The largest absolute Gasteiger partial charge is 0.411 e. The molecule has 0 spiro atoms. The van der Waals surface area contributed by atoms with Gasteiger partial charge < -0.3 is 75.9 Å². The summed E-state index contributed by atoms with van der Waals surface area (Å²) >= 11 is 6.71. The van der Waals surface area contributed by atoms with Gasteiger partial charge in [0.15, 0.2) is 5.15 Å². The molecule has 91 heavy (non-hydrogen) atoms. The van der Waals surface area contributed by atoms with Crippen LogP contribution in [0.15, 0.2) is 58.8 Å². The monoisotopic (exact) mass is 1300 g/mol. The van der Waals surface area contributed by atoms with Gasteiger partial charge in [0.05, 0.1) is 61.2 Å². The van der Waals surface area contributed by atoms with Crippen LogP contribution in [0.1, 0.15) is 132 Å². The van der Waals surface area contributed by atoms with E-state index < -0.39 is 23.0 Å². The number of hydrogen-bond donors (Lipinski definition) is 10. The van der Waals surface area contributed by atoms with Gasteiger partial charge in [0.25, 0.3) is 0 Å². The summed E-state index contributed by atoms with van der Waals surface area (Å²) in [5.41, 5.74) is 4.88. The van der Waals surface area contributed by atoms with Crippen LogP contribution in [-0.2, 0) is 67.2 Å². The van der Waals surface area contributed by atoms with Gasteiger partial charge in [-0.05, 0) is 134 Å². The van der Waals surface area contributed by atoms with Crippen molar-refractivity contribution in [2.24, 2.45) is 22.1 Å². The van der Waals surface area contributed by atoms with Crippen LogP contribution in [0.4, 0.5) is 0 Å². The standard InChI is InChI=1S/C38H52ClN9O6.C25H50N6O6/c1-5-7-12-33-43-36(39)32(48(33)23-27-13-15-28(16-14-27)29-10-8-9-11-30(29)37-44-46-47-45-37)22-41-38(51)31(21-26(3)4)42-35(50)25-54-24-34(49)40-17-18-53-20-19-52-6-2;1-8-36-16-15-27-23(33)18-37-17-22(32)26-12-9-21(10-13-28-24(4,5)19(2)30-34)11-14-29-25(6,7)20(3)31-35/h8-11,13-16,26,31H,5-7,12,17-25H2,1-4H3,(H,40,49)(H,41,51)(H,42,50)(H,44,45,46,47);21,28-29,34-35H,8-18H2,1-7H3,(H,26,32)(H,27,33)/b;30-19-,31-20-. The van der Waals surface area contributed by atoms with E-state index in [1.807, 2.05) is 79.7 Å². The number of ether oxygens (including phenoxy) is 5. The minimum Gasteiger partial charge on any atom is -0.411 e. The van der Waals surface area contributed by atoms with Gasteiger partial charge in [-0.15, -0.1) is 10.2 Å². The minimum atomic E-state index is -0.818. The number of aryl methyl sites for hydroxylation is 1. The Balaban J connectivity index is 0.000000513. The third kappa shape index (κ3) is 30.8. The molecule has 0 saturated carbocycles. The van der Waals surface area contributed by atoms with Crippen molar-refractivity contribution in [1.82, 2.24) is 67.4 Å². The Bertz CT molecular complexity index is 2780. The highest BCUT2D eigenvalue weighted by Gasteiger charge is 2.26. The summed E-state index contributed by atoms with van der Waals surface area (Å²) in [6.45, 7) is 26.3. The molecular weight excluding hydrogens is 1190 g/mol. The minimum absolute atomic E-state index is 0.111. The van der Waals surface area contributed by atoms with E-state index in [1.165, 1.54) is 0 Å². The number of tetrazole rings is 1. The number of imidazole rings is 1. The van der Waals surface area contributed by atoms with E-state index in [2.05, 4.69) is 109 Å². The first-order valence-electron chi connectivity index (χ1n) is 31.4. The number of halogens is 1. The molecule has 4 aromatic rings. The zero-order valence-electron chi connectivity index (χ0n) is 55.3. The second-order valence-electron chi connectivity index (χ2n) is 23.1. The van der Waals surface area contributed by atoms with Crippen molar-refractivity contribution in [2.45, 2.75) is 151 Å². The Morgan fingerprint density at radius 2 is 1.20 bits per heavy atom. The lowest BCUT2D eigenvalue weighted by Crippen LogP contribution is -2.48. The Labute approximate surface area is 541 Å². The van der Waals surface area contributed by atoms with Gasteiger partial charge in [-0.2, -0.15) is 5.21 Å².